The molecule has 0 bridgehead atoms. The van der Waals surface area contributed by atoms with Gasteiger partial charge >= 0.3 is 0 Å². The molecule has 120 valence electrons. The minimum Gasteiger partial charge on any atom is -0.379 e. The first-order valence-corrected chi connectivity index (χ1v) is 8.40. The van der Waals surface area contributed by atoms with Crippen molar-refractivity contribution < 1.29 is 9.53 Å². The molecule has 0 fully saturated rings. The van der Waals surface area contributed by atoms with E-state index in [0.717, 1.165) is 26.0 Å². The van der Waals surface area contributed by atoms with Crippen molar-refractivity contribution >= 4 is 5.91 Å². The Labute approximate surface area is 125 Å². The second-order valence-corrected chi connectivity index (χ2v) is 6.32. The molecular weight excluding hydrogens is 250 g/mol. The van der Waals surface area contributed by atoms with Crippen LogP contribution in [-0.4, -0.2) is 25.2 Å². The summed E-state index contributed by atoms with van der Waals surface area (Å²) in [6.45, 7) is 10.2. The molecule has 0 atom stereocenters. The van der Waals surface area contributed by atoms with Crippen LogP contribution in [0.5, 0.6) is 0 Å². The van der Waals surface area contributed by atoms with Crippen LogP contribution in [0.15, 0.2) is 0 Å². The smallest absolute Gasteiger partial charge is 0.220 e. The number of ether oxygens (including phenoxy) is 1. The van der Waals surface area contributed by atoms with Gasteiger partial charge in [0.2, 0.25) is 5.91 Å². The molecule has 0 rings (SSSR count). The number of carbonyl (C=O) groups is 1. The summed E-state index contributed by atoms with van der Waals surface area (Å²) >= 11 is 0. The normalized spacial score (nSPS) is 11.3. The van der Waals surface area contributed by atoms with Gasteiger partial charge in [-0.3, -0.25) is 4.79 Å². The maximum atomic E-state index is 11.5. The van der Waals surface area contributed by atoms with Gasteiger partial charge in [0.15, 0.2) is 0 Å². The van der Waals surface area contributed by atoms with Crippen LogP contribution in [0.25, 0.3) is 0 Å². The first-order valence-electron chi connectivity index (χ1n) is 8.40. The molecule has 0 saturated carbocycles. The van der Waals surface area contributed by atoms with E-state index in [9.17, 15) is 4.79 Å². The lowest BCUT2D eigenvalue weighted by Crippen LogP contribution is -2.24. The van der Waals surface area contributed by atoms with E-state index in [2.05, 4.69) is 33.0 Å². The molecule has 0 spiro atoms. The Morgan fingerprint density at radius 3 is 2.15 bits per heavy atom. The van der Waals surface area contributed by atoms with Crippen molar-refractivity contribution in [2.24, 2.45) is 5.92 Å². The standard InChI is InChI=1S/C17H35NO2/c1-15(2)11-12-17(19)18-13-9-7-5-6-8-10-14-20-16(3)4/h15-16H,5-14H2,1-4H3,(H,18,19). The molecule has 20 heavy (non-hydrogen) atoms. The van der Waals surface area contributed by atoms with Gasteiger partial charge in [-0.2, -0.15) is 0 Å². The number of hydrogen-bond acceptors (Lipinski definition) is 2. The van der Waals surface area contributed by atoms with Crippen LogP contribution >= 0.6 is 0 Å². The van der Waals surface area contributed by atoms with Crippen LogP contribution in [0.1, 0.15) is 79.1 Å². The zero-order valence-corrected chi connectivity index (χ0v) is 14.0. The Balaban J connectivity index is 3.14. The van der Waals surface area contributed by atoms with Crippen LogP contribution in [0, 0.1) is 5.92 Å². The molecule has 3 heteroatoms. The highest BCUT2D eigenvalue weighted by Gasteiger charge is 2.02. The van der Waals surface area contributed by atoms with Gasteiger partial charge in [0.1, 0.15) is 0 Å². The van der Waals surface area contributed by atoms with Gasteiger partial charge in [0.05, 0.1) is 6.10 Å². The predicted octanol–water partition coefficient (Wildman–Crippen LogP) is 4.30. The van der Waals surface area contributed by atoms with Gasteiger partial charge < -0.3 is 10.1 Å². The summed E-state index contributed by atoms with van der Waals surface area (Å²) < 4.78 is 5.51. The summed E-state index contributed by atoms with van der Waals surface area (Å²) in [5.41, 5.74) is 0. The van der Waals surface area contributed by atoms with E-state index in [1.165, 1.54) is 32.1 Å². The largest absolute Gasteiger partial charge is 0.379 e. The van der Waals surface area contributed by atoms with E-state index in [-0.39, 0.29) is 5.91 Å². The van der Waals surface area contributed by atoms with Crippen LogP contribution in [0.3, 0.4) is 0 Å². The van der Waals surface area contributed by atoms with Crippen molar-refractivity contribution in [1.82, 2.24) is 5.32 Å². The van der Waals surface area contributed by atoms with E-state index in [1.807, 2.05) is 0 Å². The predicted molar refractivity (Wildman–Crippen MR) is 85.9 cm³/mol. The summed E-state index contributed by atoms with van der Waals surface area (Å²) in [7, 11) is 0. The van der Waals surface area contributed by atoms with E-state index < -0.39 is 0 Å². The number of hydrogen-bond donors (Lipinski definition) is 1. The maximum absolute atomic E-state index is 11.5. The monoisotopic (exact) mass is 285 g/mol. The lowest BCUT2D eigenvalue weighted by atomic mass is 10.1. The van der Waals surface area contributed by atoms with Crippen LogP contribution in [-0.2, 0) is 9.53 Å². The summed E-state index contributed by atoms with van der Waals surface area (Å²) in [4.78, 5) is 11.5. The van der Waals surface area contributed by atoms with Crippen LogP contribution in [0.2, 0.25) is 0 Å². The van der Waals surface area contributed by atoms with Gasteiger partial charge in [-0.25, -0.2) is 0 Å². The van der Waals surface area contributed by atoms with E-state index in [4.69, 9.17) is 4.74 Å². The molecular formula is C17H35NO2. The fourth-order valence-corrected chi connectivity index (χ4v) is 1.99. The topological polar surface area (TPSA) is 38.3 Å². The molecule has 0 saturated heterocycles. The Kier molecular flexibility index (Phi) is 13.0. The minimum absolute atomic E-state index is 0.213. The number of nitrogens with one attached hydrogen (secondary N) is 1. The van der Waals surface area contributed by atoms with Gasteiger partial charge in [0.25, 0.3) is 0 Å². The molecule has 0 radical (unpaired) electrons. The number of unbranched alkanes of at least 4 members (excludes halogenated alkanes) is 5. The van der Waals surface area contributed by atoms with Crippen molar-refractivity contribution in [3.8, 4) is 0 Å². The Bertz CT molecular complexity index is 227. The second-order valence-electron chi connectivity index (χ2n) is 6.32. The molecule has 0 heterocycles. The van der Waals surface area contributed by atoms with Crippen molar-refractivity contribution in [1.29, 1.82) is 0 Å². The molecule has 3 nitrogen and oxygen atoms in total. The quantitative estimate of drug-likeness (QED) is 0.512. The Morgan fingerprint density at radius 2 is 1.55 bits per heavy atom. The number of rotatable bonds is 13. The summed E-state index contributed by atoms with van der Waals surface area (Å²) in [5, 5.41) is 3.00. The van der Waals surface area contributed by atoms with E-state index in [1.54, 1.807) is 0 Å². The van der Waals surface area contributed by atoms with Gasteiger partial charge in [-0.05, 0) is 39.0 Å². The number of carbonyl (C=O) groups excluding carboxylic acids is 1. The highest BCUT2D eigenvalue weighted by atomic mass is 16.5. The molecule has 0 aromatic heterocycles. The van der Waals surface area contributed by atoms with Crippen molar-refractivity contribution in [2.75, 3.05) is 13.2 Å². The molecule has 0 aliphatic carbocycles. The van der Waals surface area contributed by atoms with Crippen molar-refractivity contribution in [3.63, 3.8) is 0 Å². The fourth-order valence-electron chi connectivity index (χ4n) is 1.99. The van der Waals surface area contributed by atoms with Gasteiger partial charge in [0, 0.05) is 19.6 Å². The summed E-state index contributed by atoms with van der Waals surface area (Å²) in [6.07, 6.45) is 9.32. The van der Waals surface area contributed by atoms with Gasteiger partial charge in [-0.1, -0.05) is 39.5 Å². The number of amides is 1. The lowest BCUT2D eigenvalue weighted by molar-refractivity contribution is -0.121. The zero-order valence-electron chi connectivity index (χ0n) is 14.0. The Morgan fingerprint density at radius 1 is 0.950 bits per heavy atom. The molecule has 0 aromatic carbocycles. The third-order valence-corrected chi connectivity index (χ3v) is 3.29. The third-order valence-electron chi connectivity index (χ3n) is 3.29. The zero-order chi connectivity index (χ0) is 15.2. The third kappa shape index (κ3) is 15.5. The van der Waals surface area contributed by atoms with Crippen LogP contribution in [0.4, 0.5) is 0 Å². The van der Waals surface area contributed by atoms with E-state index in [0.29, 0.717) is 18.4 Å². The van der Waals surface area contributed by atoms with Crippen LogP contribution < -0.4 is 5.32 Å². The maximum Gasteiger partial charge on any atom is 0.220 e. The second kappa shape index (κ2) is 13.4. The first-order chi connectivity index (χ1) is 9.52. The minimum atomic E-state index is 0.213. The highest BCUT2D eigenvalue weighted by molar-refractivity contribution is 5.75. The fraction of sp³-hybridized carbons (Fsp3) is 0.941. The van der Waals surface area contributed by atoms with Gasteiger partial charge in [-0.15, -0.1) is 0 Å². The lowest BCUT2D eigenvalue weighted by Gasteiger charge is -2.07. The summed E-state index contributed by atoms with van der Waals surface area (Å²) in [5.74, 6) is 0.824. The van der Waals surface area contributed by atoms with E-state index >= 15 is 0 Å². The average molecular weight is 285 g/mol. The molecule has 0 aliphatic heterocycles. The highest BCUT2D eigenvalue weighted by Crippen LogP contribution is 2.06. The Hall–Kier alpha value is -0.570. The first kappa shape index (κ1) is 19.4. The molecule has 0 unspecified atom stereocenters. The average Bonchev–Trinajstić information content (AvgIpc) is 2.38. The molecule has 0 aliphatic rings. The van der Waals surface area contributed by atoms with Crippen molar-refractivity contribution in [3.05, 3.63) is 0 Å². The molecule has 1 N–H and O–H groups in total. The molecule has 1 amide bonds. The van der Waals surface area contributed by atoms with Crippen molar-refractivity contribution in [2.45, 2.75) is 85.2 Å². The summed E-state index contributed by atoms with van der Waals surface area (Å²) in [6, 6.07) is 0. The molecule has 0 aromatic rings. The SMILES string of the molecule is CC(C)CCC(=O)NCCCCCCCCOC(C)C.